The summed E-state index contributed by atoms with van der Waals surface area (Å²) in [5.41, 5.74) is 1.51. The van der Waals surface area contributed by atoms with E-state index in [1.807, 2.05) is 0 Å². The minimum atomic E-state index is -0.939. The first-order valence-corrected chi connectivity index (χ1v) is 4.86. The van der Waals surface area contributed by atoms with Gasteiger partial charge in [-0.1, -0.05) is 11.3 Å². The Balaban J connectivity index is 2.16. The van der Waals surface area contributed by atoms with E-state index in [2.05, 4.69) is 10.2 Å². The van der Waals surface area contributed by atoms with Gasteiger partial charge in [0.25, 0.3) is 0 Å². The number of aromatic nitrogens is 2. The molecule has 0 unspecified atom stereocenters. The summed E-state index contributed by atoms with van der Waals surface area (Å²) in [5.74, 6) is -1.76. The molecule has 1 aliphatic rings. The molecule has 1 aliphatic heterocycles. The number of carboxylic acid groups (broad SMARTS) is 1. The Hall–Kier alpha value is -1.50. The Bertz CT molecular complexity index is 364. The van der Waals surface area contributed by atoms with E-state index in [-0.39, 0.29) is 18.9 Å². The minimum Gasteiger partial charge on any atom is -0.481 e. The number of anilines is 1. The number of carbonyl (C=O) groups is 2. The van der Waals surface area contributed by atoms with Gasteiger partial charge in [-0.15, -0.1) is 10.2 Å². The number of rotatable bonds is 2. The monoisotopic (exact) mass is 213 g/mol. The maximum absolute atomic E-state index is 11.4. The molecule has 7 heteroatoms. The van der Waals surface area contributed by atoms with Crippen LogP contribution in [0.25, 0.3) is 0 Å². The van der Waals surface area contributed by atoms with Gasteiger partial charge >= 0.3 is 5.97 Å². The van der Waals surface area contributed by atoms with Gasteiger partial charge < -0.3 is 5.11 Å². The third kappa shape index (κ3) is 1.46. The zero-order valence-corrected chi connectivity index (χ0v) is 7.90. The van der Waals surface area contributed by atoms with Crippen molar-refractivity contribution in [2.75, 3.05) is 11.4 Å². The second-order valence-electron chi connectivity index (χ2n) is 2.96. The molecule has 2 rings (SSSR count). The lowest BCUT2D eigenvalue weighted by molar-refractivity contribution is -0.141. The molecule has 1 fully saturated rings. The van der Waals surface area contributed by atoms with Crippen molar-refractivity contribution in [2.24, 2.45) is 5.92 Å². The molecular weight excluding hydrogens is 206 g/mol. The molecule has 0 radical (unpaired) electrons. The van der Waals surface area contributed by atoms with E-state index >= 15 is 0 Å². The molecule has 1 aromatic heterocycles. The van der Waals surface area contributed by atoms with Gasteiger partial charge in [-0.25, -0.2) is 0 Å². The van der Waals surface area contributed by atoms with Crippen LogP contribution in [-0.2, 0) is 9.59 Å². The quantitative estimate of drug-likeness (QED) is 0.746. The minimum absolute atomic E-state index is 0.0505. The molecular formula is C7H7N3O3S. The number of carboxylic acids is 1. The number of hydrogen-bond donors (Lipinski definition) is 1. The van der Waals surface area contributed by atoms with Gasteiger partial charge in [-0.2, -0.15) is 0 Å². The molecule has 1 atom stereocenters. The second kappa shape index (κ2) is 3.33. The highest BCUT2D eigenvalue weighted by Crippen LogP contribution is 2.25. The molecule has 0 bridgehead atoms. The van der Waals surface area contributed by atoms with Crippen LogP contribution in [0.15, 0.2) is 5.51 Å². The summed E-state index contributed by atoms with van der Waals surface area (Å²) in [4.78, 5) is 23.4. The fourth-order valence-corrected chi connectivity index (χ4v) is 1.93. The van der Waals surface area contributed by atoms with Crippen LogP contribution < -0.4 is 4.90 Å². The van der Waals surface area contributed by atoms with E-state index in [4.69, 9.17) is 5.11 Å². The Morgan fingerprint density at radius 1 is 1.71 bits per heavy atom. The Morgan fingerprint density at radius 2 is 2.50 bits per heavy atom. The normalized spacial score (nSPS) is 21.6. The van der Waals surface area contributed by atoms with Crippen LogP contribution in [0, 0.1) is 5.92 Å². The van der Waals surface area contributed by atoms with Crippen LogP contribution in [0.5, 0.6) is 0 Å². The predicted octanol–water partition coefficient (Wildman–Crippen LogP) is -0.0244. The molecule has 1 N–H and O–H groups in total. The zero-order valence-electron chi connectivity index (χ0n) is 7.08. The van der Waals surface area contributed by atoms with Crippen LogP contribution >= 0.6 is 11.3 Å². The van der Waals surface area contributed by atoms with Gasteiger partial charge in [0.2, 0.25) is 11.0 Å². The molecule has 0 spiro atoms. The van der Waals surface area contributed by atoms with Gasteiger partial charge in [0.05, 0.1) is 5.92 Å². The summed E-state index contributed by atoms with van der Waals surface area (Å²) in [6.07, 6.45) is 0.0505. The average Bonchev–Trinajstić information content (AvgIpc) is 2.71. The van der Waals surface area contributed by atoms with E-state index in [0.29, 0.717) is 5.13 Å². The number of nitrogens with zero attached hydrogens (tertiary/aromatic N) is 3. The van der Waals surface area contributed by atoms with Crippen molar-refractivity contribution >= 4 is 28.3 Å². The first kappa shape index (κ1) is 9.07. The van der Waals surface area contributed by atoms with Crippen molar-refractivity contribution in [2.45, 2.75) is 6.42 Å². The maximum atomic E-state index is 11.4. The van der Waals surface area contributed by atoms with Crippen molar-refractivity contribution in [1.82, 2.24) is 10.2 Å². The molecule has 2 heterocycles. The molecule has 1 aromatic rings. The summed E-state index contributed by atoms with van der Waals surface area (Å²) < 4.78 is 0. The summed E-state index contributed by atoms with van der Waals surface area (Å²) in [6, 6.07) is 0. The van der Waals surface area contributed by atoms with Crippen LogP contribution in [0.4, 0.5) is 5.13 Å². The molecule has 74 valence electrons. The van der Waals surface area contributed by atoms with Crippen LogP contribution in [0.2, 0.25) is 0 Å². The summed E-state index contributed by atoms with van der Waals surface area (Å²) in [7, 11) is 0. The molecule has 0 aromatic carbocycles. The lowest BCUT2D eigenvalue weighted by Crippen LogP contribution is -2.25. The third-order valence-corrected chi connectivity index (χ3v) is 2.77. The molecule has 0 saturated carbocycles. The molecule has 6 nitrogen and oxygen atoms in total. The fraction of sp³-hybridized carbons (Fsp3) is 0.429. The van der Waals surface area contributed by atoms with Crippen molar-refractivity contribution in [3.8, 4) is 0 Å². The van der Waals surface area contributed by atoms with Crippen LogP contribution in [0.3, 0.4) is 0 Å². The van der Waals surface area contributed by atoms with E-state index in [1.54, 1.807) is 0 Å². The van der Waals surface area contributed by atoms with Crippen molar-refractivity contribution in [3.63, 3.8) is 0 Å². The highest BCUT2D eigenvalue weighted by atomic mass is 32.1. The predicted molar refractivity (Wildman–Crippen MR) is 48.0 cm³/mol. The summed E-state index contributed by atoms with van der Waals surface area (Å²) in [5, 5.41) is 16.5. The number of amides is 1. The Morgan fingerprint density at radius 3 is 3.00 bits per heavy atom. The van der Waals surface area contributed by atoms with Gasteiger partial charge in [0, 0.05) is 13.0 Å². The van der Waals surface area contributed by atoms with Gasteiger partial charge in [0.1, 0.15) is 5.51 Å². The summed E-state index contributed by atoms with van der Waals surface area (Å²) >= 11 is 1.23. The zero-order chi connectivity index (χ0) is 10.1. The van der Waals surface area contributed by atoms with Crippen molar-refractivity contribution < 1.29 is 14.7 Å². The number of carbonyl (C=O) groups excluding carboxylic acids is 1. The molecule has 1 saturated heterocycles. The Kier molecular flexibility index (Phi) is 2.16. The lowest BCUT2D eigenvalue weighted by atomic mass is 10.1. The lowest BCUT2D eigenvalue weighted by Gasteiger charge is -2.09. The van der Waals surface area contributed by atoms with E-state index < -0.39 is 11.9 Å². The highest BCUT2D eigenvalue weighted by molar-refractivity contribution is 7.13. The van der Waals surface area contributed by atoms with Crippen LogP contribution in [-0.4, -0.2) is 33.7 Å². The average molecular weight is 213 g/mol. The van der Waals surface area contributed by atoms with E-state index in [0.717, 1.165) is 0 Å². The highest BCUT2D eigenvalue weighted by Gasteiger charge is 2.36. The number of aliphatic carboxylic acids is 1. The van der Waals surface area contributed by atoms with E-state index in [1.165, 1.54) is 21.7 Å². The second-order valence-corrected chi connectivity index (χ2v) is 3.78. The Labute approximate surface area is 83.2 Å². The molecule has 0 aliphatic carbocycles. The fourth-order valence-electron chi connectivity index (χ4n) is 1.34. The smallest absolute Gasteiger partial charge is 0.308 e. The topological polar surface area (TPSA) is 83.4 Å². The van der Waals surface area contributed by atoms with Gasteiger partial charge in [-0.3, -0.25) is 14.5 Å². The standard InChI is InChI=1S/C7H7N3O3S/c11-5-1-4(6(12)13)2-10(5)7-9-8-3-14-7/h3-4H,1-2H2,(H,12,13)/t4-/m1/s1. The molecule has 14 heavy (non-hydrogen) atoms. The largest absolute Gasteiger partial charge is 0.481 e. The SMILES string of the molecule is O=C(O)[C@@H]1CC(=O)N(c2nncs2)C1. The van der Waals surface area contributed by atoms with Crippen molar-refractivity contribution in [1.29, 1.82) is 0 Å². The first-order chi connectivity index (χ1) is 6.68. The molecule has 1 amide bonds. The van der Waals surface area contributed by atoms with E-state index in [9.17, 15) is 9.59 Å². The van der Waals surface area contributed by atoms with Crippen molar-refractivity contribution in [3.05, 3.63) is 5.51 Å². The summed E-state index contributed by atoms with van der Waals surface area (Å²) in [6.45, 7) is 0.198. The van der Waals surface area contributed by atoms with Gasteiger partial charge in [0.15, 0.2) is 0 Å². The van der Waals surface area contributed by atoms with Gasteiger partial charge in [-0.05, 0) is 0 Å². The van der Waals surface area contributed by atoms with Crippen LogP contribution in [0.1, 0.15) is 6.42 Å². The third-order valence-electron chi connectivity index (χ3n) is 2.05. The first-order valence-electron chi connectivity index (χ1n) is 3.98. The maximum Gasteiger partial charge on any atom is 0.308 e. The number of hydrogen-bond acceptors (Lipinski definition) is 5.